The van der Waals surface area contributed by atoms with E-state index in [-0.39, 0.29) is 43.2 Å². The highest BCUT2D eigenvalue weighted by atomic mass is 79.9. The van der Waals surface area contributed by atoms with Crippen LogP contribution in [0.4, 0.5) is 0 Å². The second-order valence-corrected chi connectivity index (χ2v) is 16.0. The number of nitrogens with two attached hydrogens (primary N) is 2. The fourth-order valence-electron chi connectivity index (χ4n) is 5.62. The topological polar surface area (TPSA) is 176 Å². The van der Waals surface area contributed by atoms with E-state index in [1.54, 1.807) is 24.3 Å². The molecule has 0 aromatic heterocycles. The lowest BCUT2D eigenvalue weighted by Gasteiger charge is -2.17. The van der Waals surface area contributed by atoms with Crippen LogP contribution >= 0.6 is 31.9 Å². The van der Waals surface area contributed by atoms with Crippen molar-refractivity contribution in [2.45, 2.75) is 73.0 Å². The summed E-state index contributed by atoms with van der Waals surface area (Å²) in [5.74, 6) is -1.12. The second-order valence-electron chi connectivity index (χ2n) is 10.5. The highest BCUT2D eigenvalue weighted by Gasteiger charge is 2.30. The molecule has 2 aliphatic rings. The maximum Gasteiger partial charge on any atom is 0.339 e. The lowest BCUT2D eigenvalue weighted by Crippen LogP contribution is -2.24. The zero-order chi connectivity index (χ0) is 31.4. The van der Waals surface area contributed by atoms with E-state index in [0.717, 1.165) is 68.7 Å². The Kier molecular flexibility index (Phi) is 11.4. The van der Waals surface area contributed by atoms with Gasteiger partial charge in [-0.05, 0) is 92.6 Å². The minimum Gasteiger partial charge on any atom is -0.465 e. The molecule has 2 aliphatic carbocycles. The van der Waals surface area contributed by atoms with Crippen LogP contribution in [0.3, 0.4) is 0 Å². The van der Waals surface area contributed by atoms with E-state index in [1.807, 2.05) is 0 Å². The maximum absolute atomic E-state index is 12.2. The van der Waals surface area contributed by atoms with E-state index in [9.17, 15) is 26.4 Å². The van der Waals surface area contributed by atoms with Crippen LogP contribution in [0.1, 0.15) is 95.0 Å². The molecule has 4 rings (SSSR count). The van der Waals surface area contributed by atoms with Crippen molar-refractivity contribution < 1.29 is 31.2 Å². The van der Waals surface area contributed by atoms with E-state index in [0.29, 0.717) is 4.47 Å². The van der Waals surface area contributed by atoms with Gasteiger partial charge in [0.2, 0.25) is 0 Å². The molecule has 14 heteroatoms. The number of aliphatic imine (C=N–C) groups is 1. The minimum atomic E-state index is -3.50. The average molecular weight is 750 g/mol. The zero-order valence-corrected chi connectivity index (χ0v) is 28.5. The number of benzene rings is 2. The van der Waals surface area contributed by atoms with Crippen molar-refractivity contribution in [1.82, 2.24) is 0 Å². The van der Waals surface area contributed by atoms with Crippen molar-refractivity contribution in [3.63, 3.8) is 0 Å². The van der Waals surface area contributed by atoms with Crippen LogP contribution in [-0.2, 0) is 24.4 Å². The smallest absolute Gasteiger partial charge is 0.339 e. The number of hydrogen-bond acceptors (Lipinski definition) is 7. The summed E-state index contributed by atoms with van der Waals surface area (Å²) < 4.78 is 53.9. The molecule has 0 heterocycles. The van der Waals surface area contributed by atoms with Crippen molar-refractivity contribution in [3.05, 3.63) is 55.5 Å². The summed E-state index contributed by atoms with van der Waals surface area (Å²) in [7, 11) is -5.64. The van der Waals surface area contributed by atoms with Gasteiger partial charge in [0.05, 0.1) is 32.5 Å². The quantitative estimate of drug-likeness (QED) is 0.228. The number of ether oxygens (including phenoxy) is 1. The molecule has 0 unspecified atom stereocenters. The molecule has 0 radical (unpaired) electrons. The number of rotatable bonds is 6. The van der Waals surface area contributed by atoms with Gasteiger partial charge in [0.1, 0.15) is 0 Å². The van der Waals surface area contributed by atoms with Crippen LogP contribution in [0.15, 0.2) is 48.0 Å². The predicted octanol–water partition coefficient (Wildman–Crippen LogP) is 5.22. The van der Waals surface area contributed by atoms with Crippen molar-refractivity contribution in [1.29, 1.82) is 0 Å². The maximum atomic E-state index is 12.2. The van der Waals surface area contributed by atoms with Crippen LogP contribution < -0.4 is 11.5 Å². The molecule has 0 saturated heterocycles. The lowest BCUT2D eigenvalue weighted by atomic mass is 9.96. The third kappa shape index (κ3) is 8.00. The molecule has 42 heavy (non-hydrogen) atoms. The molecule has 0 spiro atoms. The van der Waals surface area contributed by atoms with Crippen molar-refractivity contribution in [2.24, 2.45) is 16.5 Å². The number of nitrogens with zero attached hydrogens (tertiary/aromatic N) is 1. The molecular weight excluding hydrogens is 714 g/mol. The number of halogens is 2. The molecule has 2 aromatic carbocycles. The van der Waals surface area contributed by atoms with Gasteiger partial charge < -0.3 is 16.2 Å². The Morgan fingerprint density at radius 2 is 1.14 bits per heavy atom. The van der Waals surface area contributed by atoms with Crippen molar-refractivity contribution in [2.75, 3.05) is 19.6 Å². The normalized spacial score (nSPS) is 16.0. The van der Waals surface area contributed by atoms with Gasteiger partial charge >= 0.3 is 5.97 Å². The molecule has 4 N–H and O–H groups in total. The number of carbonyl (C=O) groups is 2. The summed E-state index contributed by atoms with van der Waals surface area (Å²) in [6, 6.07) is 6.66. The molecule has 1 amide bonds. The van der Waals surface area contributed by atoms with Gasteiger partial charge in [-0.2, -0.15) is 4.99 Å². The van der Waals surface area contributed by atoms with E-state index >= 15 is 0 Å². The van der Waals surface area contributed by atoms with Gasteiger partial charge in [0.25, 0.3) is 5.91 Å². The van der Waals surface area contributed by atoms with Gasteiger partial charge in [0.15, 0.2) is 25.6 Å². The Bertz CT molecular complexity index is 1610. The van der Waals surface area contributed by atoms with Crippen LogP contribution in [0.25, 0.3) is 0 Å². The van der Waals surface area contributed by atoms with Crippen LogP contribution in [-0.4, -0.2) is 54.3 Å². The number of guanidine groups is 1. The summed E-state index contributed by atoms with van der Waals surface area (Å²) in [6.07, 6.45) is 10.6. The van der Waals surface area contributed by atoms with E-state index < -0.39 is 31.6 Å². The number of hydrogen-bond donors (Lipinski definition) is 2. The lowest BCUT2D eigenvalue weighted by molar-refractivity contribution is 0.0599. The summed E-state index contributed by atoms with van der Waals surface area (Å²) in [6.45, 7) is 0. The third-order valence-electron chi connectivity index (χ3n) is 7.45. The minimum absolute atomic E-state index is 0.135. The van der Waals surface area contributed by atoms with Gasteiger partial charge in [-0.3, -0.25) is 4.79 Å². The number of sulfone groups is 2. The van der Waals surface area contributed by atoms with E-state index in [4.69, 9.17) is 11.5 Å². The Labute approximate surface area is 263 Å². The summed E-state index contributed by atoms with van der Waals surface area (Å²) in [5, 5.41) is 0. The average Bonchev–Trinajstić information content (AvgIpc) is 3.61. The number of amides is 1. The van der Waals surface area contributed by atoms with Crippen LogP contribution in [0.5, 0.6) is 0 Å². The van der Waals surface area contributed by atoms with Gasteiger partial charge in [-0.25, -0.2) is 21.6 Å². The first-order valence-electron chi connectivity index (χ1n) is 13.3. The molecule has 0 bridgehead atoms. The Hall–Kier alpha value is -2.29. The van der Waals surface area contributed by atoms with Crippen molar-refractivity contribution >= 4 is 69.4 Å². The predicted molar refractivity (Wildman–Crippen MR) is 168 cm³/mol. The first kappa shape index (κ1) is 34.2. The van der Waals surface area contributed by atoms with E-state index in [1.165, 1.54) is 13.4 Å². The standard InChI is InChI=1S/C14H18BrN3O3S.C14H17BrO4S/c1-22(20,21)12-9(8-4-2-3-5-8)6-7-10(11(12)15)13(19)18-14(16)17;1-19-14(16)11-8-7-10(9-5-3-4-6-9)13(12(11)15)20(2,17)18/h6-8H,2-5H2,1H3,(H4,16,17,18,19);7-9H,3-6H2,1-2H3. The number of methoxy groups -OCH3 is 1. The Morgan fingerprint density at radius 1 is 0.762 bits per heavy atom. The molecule has 2 saturated carbocycles. The molecule has 230 valence electrons. The first-order valence-corrected chi connectivity index (χ1v) is 18.7. The first-order chi connectivity index (χ1) is 19.6. The van der Waals surface area contributed by atoms with E-state index in [2.05, 4.69) is 41.6 Å². The summed E-state index contributed by atoms with van der Waals surface area (Å²) in [4.78, 5) is 27.6. The van der Waals surface area contributed by atoms with Crippen LogP contribution in [0.2, 0.25) is 0 Å². The van der Waals surface area contributed by atoms with Gasteiger partial charge in [-0.1, -0.05) is 37.8 Å². The molecular formula is C28H35Br2N3O7S2. The second kappa shape index (κ2) is 14.0. The zero-order valence-electron chi connectivity index (χ0n) is 23.7. The largest absolute Gasteiger partial charge is 0.465 e. The molecule has 10 nitrogen and oxygen atoms in total. The molecule has 2 fully saturated rings. The fourth-order valence-corrected chi connectivity index (χ4v) is 10.6. The van der Waals surface area contributed by atoms with Gasteiger partial charge in [-0.15, -0.1) is 0 Å². The highest BCUT2D eigenvalue weighted by molar-refractivity contribution is 9.10. The SMILES string of the molecule is COC(=O)c1ccc(C2CCCC2)c(S(C)(=O)=O)c1Br.CS(=O)(=O)c1c(C2CCCC2)ccc(C(=O)N=C(N)N)c1Br. The number of carbonyl (C=O) groups excluding carboxylic acids is 2. The Balaban J connectivity index is 0.000000231. The number of esters is 1. The third-order valence-corrected chi connectivity index (χ3v) is 12.0. The van der Waals surface area contributed by atoms with Crippen LogP contribution in [0, 0.1) is 0 Å². The molecule has 0 aliphatic heterocycles. The molecule has 2 aromatic rings. The highest BCUT2D eigenvalue weighted by Crippen LogP contribution is 2.42. The molecule has 0 atom stereocenters. The van der Waals surface area contributed by atoms with Gasteiger partial charge in [0, 0.05) is 17.0 Å². The fraction of sp³-hybridized carbons (Fsp3) is 0.464. The summed E-state index contributed by atoms with van der Waals surface area (Å²) in [5.41, 5.74) is 12.4. The monoisotopic (exact) mass is 747 g/mol. The Morgan fingerprint density at radius 3 is 1.50 bits per heavy atom. The van der Waals surface area contributed by atoms with Crippen molar-refractivity contribution in [3.8, 4) is 0 Å². The summed E-state index contributed by atoms with van der Waals surface area (Å²) >= 11 is 6.53.